The van der Waals surface area contributed by atoms with Crippen molar-refractivity contribution >= 4 is 11.8 Å². The SMILES string of the molecule is CCCCC1C=Cc2ccccc2N1. The lowest BCUT2D eigenvalue weighted by Gasteiger charge is -2.21. The molecule has 1 aromatic carbocycles. The first-order valence-electron chi connectivity index (χ1n) is 5.44. The standard InChI is InChI=1S/C13H17N/c1-2-3-7-12-10-9-11-6-4-5-8-13(11)14-12/h4-6,8-10,12,14H,2-3,7H2,1H3. The van der Waals surface area contributed by atoms with E-state index in [1.165, 1.54) is 30.5 Å². The Balaban J connectivity index is 2.06. The van der Waals surface area contributed by atoms with Crippen LogP contribution in [0, 0.1) is 0 Å². The lowest BCUT2D eigenvalue weighted by atomic mass is 10.0. The maximum atomic E-state index is 3.54. The van der Waals surface area contributed by atoms with E-state index in [4.69, 9.17) is 0 Å². The van der Waals surface area contributed by atoms with Crippen LogP contribution in [0.1, 0.15) is 31.7 Å². The van der Waals surface area contributed by atoms with Gasteiger partial charge in [0.15, 0.2) is 0 Å². The van der Waals surface area contributed by atoms with Crippen molar-refractivity contribution in [3.8, 4) is 0 Å². The molecular formula is C13H17N. The third kappa shape index (κ3) is 1.98. The number of para-hydroxylation sites is 1. The summed E-state index contributed by atoms with van der Waals surface area (Å²) in [5, 5.41) is 3.54. The topological polar surface area (TPSA) is 12.0 Å². The molecule has 14 heavy (non-hydrogen) atoms. The van der Waals surface area contributed by atoms with Crippen molar-refractivity contribution in [2.75, 3.05) is 5.32 Å². The molecule has 0 aromatic heterocycles. The Bertz CT molecular complexity index is 328. The van der Waals surface area contributed by atoms with E-state index in [1.54, 1.807) is 0 Å². The molecule has 0 radical (unpaired) electrons. The average molecular weight is 187 g/mol. The van der Waals surface area contributed by atoms with Crippen LogP contribution >= 0.6 is 0 Å². The van der Waals surface area contributed by atoms with E-state index in [1.807, 2.05) is 0 Å². The van der Waals surface area contributed by atoms with Gasteiger partial charge in [-0.2, -0.15) is 0 Å². The second-order valence-electron chi connectivity index (χ2n) is 3.84. The van der Waals surface area contributed by atoms with Crippen LogP contribution in [0.15, 0.2) is 30.3 Å². The van der Waals surface area contributed by atoms with Gasteiger partial charge in [0.2, 0.25) is 0 Å². The van der Waals surface area contributed by atoms with Gasteiger partial charge in [-0.1, -0.05) is 50.1 Å². The molecule has 0 bridgehead atoms. The van der Waals surface area contributed by atoms with Crippen LogP contribution in [-0.2, 0) is 0 Å². The molecule has 1 N–H and O–H groups in total. The Morgan fingerprint density at radius 2 is 2.14 bits per heavy atom. The molecule has 1 atom stereocenters. The number of rotatable bonds is 3. The van der Waals surface area contributed by atoms with E-state index in [0.717, 1.165) is 0 Å². The number of nitrogens with one attached hydrogen (secondary N) is 1. The summed E-state index contributed by atoms with van der Waals surface area (Å²) in [5.74, 6) is 0. The summed E-state index contributed by atoms with van der Waals surface area (Å²) in [6.45, 7) is 2.24. The highest BCUT2D eigenvalue weighted by molar-refractivity contribution is 5.70. The van der Waals surface area contributed by atoms with Crippen molar-refractivity contribution in [2.45, 2.75) is 32.2 Å². The zero-order valence-corrected chi connectivity index (χ0v) is 8.66. The van der Waals surface area contributed by atoms with Crippen LogP contribution in [0.3, 0.4) is 0 Å². The Morgan fingerprint density at radius 3 is 3.00 bits per heavy atom. The predicted molar refractivity (Wildman–Crippen MR) is 62.4 cm³/mol. The van der Waals surface area contributed by atoms with Crippen molar-refractivity contribution < 1.29 is 0 Å². The van der Waals surface area contributed by atoms with Gasteiger partial charge in [0.05, 0.1) is 0 Å². The average Bonchev–Trinajstić information content (AvgIpc) is 2.26. The third-order valence-corrected chi connectivity index (χ3v) is 2.68. The van der Waals surface area contributed by atoms with Gasteiger partial charge in [0.25, 0.3) is 0 Å². The fourth-order valence-electron chi connectivity index (χ4n) is 1.83. The van der Waals surface area contributed by atoms with Crippen LogP contribution in [0.4, 0.5) is 5.69 Å². The van der Waals surface area contributed by atoms with Crippen molar-refractivity contribution in [3.05, 3.63) is 35.9 Å². The molecule has 0 fully saturated rings. The van der Waals surface area contributed by atoms with Crippen LogP contribution < -0.4 is 5.32 Å². The molecule has 74 valence electrons. The highest BCUT2D eigenvalue weighted by Gasteiger charge is 2.10. The molecule has 1 nitrogen and oxygen atoms in total. The van der Waals surface area contributed by atoms with Gasteiger partial charge >= 0.3 is 0 Å². The molecule has 1 aliphatic heterocycles. The van der Waals surface area contributed by atoms with Crippen molar-refractivity contribution in [1.82, 2.24) is 0 Å². The Hall–Kier alpha value is -1.24. The first-order chi connectivity index (χ1) is 6.90. The van der Waals surface area contributed by atoms with E-state index in [2.05, 4.69) is 48.7 Å². The minimum absolute atomic E-state index is 0.532. The maximum Gasteiger partial charge on any atom is 0.0447 e. The van der Waals surface area contributed by atoms with Crippen molar-refractivity contribution in [1.29, 1.82) is 0 Å². The summed E-state index contributed by atoms with van der Waals surface area (Å²) in [6.07, 6.45) is 8.31. The first-order valence-corrected chi connectivity index (χ1v) is 5.44. The number of anilines is 1. The van der Waals surface area contributed by atoms with Crippen LogP contribution in [-0.4, -0.2) is 6.04 Å². The molecule has 0 amide bonds. The van der Waals surface area contributed by atoms with Crippen LogP contribution in [0.5, 0.6) is 0 Å². The van der Waals surface area contributed by atoms with Crippen LogP contribution in [0.25, 0.3) is 6.08 Å². The van der Waals surface area contributed by atoms with E-state index < -0.39 is 0 Å². The van der Waals surface area contributed by atoms with Gasteiger partial charge < -0.3 is 5.32 Å². The van der Waals surface area contributed by atoms with Gasteiger partial charge in [-0.05, 0) is 18.1 Å². The molecule has 1 heterocycles. The van der Waals surface area contributed by atoms with E-state index >= 15 is 0 Å². The lowest BCUT2D eigenvalue weighted by Crippen LogP contribution is -2.19. The van der Waals surface area contributed by atoms with Crippen molar-refractivity contribution in [3.63, 3.8) is 0 Å². The van der Waals surface area contributed by atoms with Gasteiger partial charge in [0, 0.05) is 11.7 Å². The Kier molecular flexibility index (Phi) is 2.87. The minimum Gasteiger partial charge on any atom is -0.378 e. The van der Waals surface area contributed by atoms with E-state index in [0.29, 0.717) is 6.04 Å². The van der Waals surface area contributed by atoms with Gasteiger partial charge in [-0.25, -0.2) is 0 Å². The quantitative estimate of drug-likeness (QED) is 0.761. The van der Waals surface area contributed by atoms with Crippen molar-refractivity contribution in [2.24, 2.45) is 0 Å². The summed E-state index contributed by atoms with van der Waals surface area (Å²) in [5.41, 5.74) is 2.58. The Labute approximate surface area is 85.8 Å². The highest BCUT2D eigenvalue weighted by atomic mass is 14.9. The van der Waals surface area contributed by atoms with Gasteiger partial charge in [-0.15, -0.1) is 0 Å². The molecule has 1 aromatic rings. The Morgan fingerprint density at radius 1 is 1.29 bits per heavy atom. The minimum atomic E-state index is 0.532. The lowest BCUT2D eigenvalue weighted by molar-refractivity contribution is 0.680. The third-order valence-electron chi connectivity index (χ3n) is 2.68. The summed E-state index contributed by atoms with van der Waals surface area (Å²) in [4.78, 5) is 0. The second kappa shape index (κ2) is 4.32. The predicted octanol–water partition coefficient (Wildman–Crippen LogP) is 3.68. The smallest absolute Gasteiger partial charge is 0.0447 e. The fourth-order valence-corrected chi connectivity index (χ4v) is 1.83. The molecule has 0 aliphatic carbocycles. The van der Waals surface area contributed by atoms with E-state index in [-0.39, 0.29) is 0 Å². The number of benzene rings is 1. The number of unbranched alkanes of at least 4 members (excludes halogenated alkanes) is 1. The number of hydrogen-bond acceptors (Lipinski definition) is 1. The molecule has 0 saturated heterocycles. The highest BCUT2D eigenvalue weighted by Crippen LogP contribution is 2.23. The first kappa shape index (κ1) is 9.32. The summed E-state index contributed by atoms with van der Waals surface area (Å²) >= 11 is 0. The molecule has 1 heteroatoms. The zero-order chi connectivity index (χ0) is 9.80. The fraction of sp³-hybridized carbons (Fsp3) is 0.385. The molecule has 0 saturated carbocycles. The molecule has 2 rings (SSSR count). The largest absolute Gasteiger partial charge is 0.378 e. The molecule has 1 aliphatic rings. The molecular weight excluding hydrogens is 170 g/mol. The van der Waals surface area contributed by atoms with Gasteiger partial charge in [-0.3, -0.25) is 0 Å². The summed E-state index contributed by atoms with van der Waals surface area (Å²) in [6, 6.07) is 9.00. The molecule has 0 spiro atoms. The number of hydrogen-bond donors (Lipinski definition) is 1. The van der Waals surface area contributed by atoms with E-state index in [9.17, 15) is 0 Å². The maximum absolute atomic E-state index is 3.54. The second-order valence-corrected chi connectivity index (χ2v) is 3.84. The monoisotopic (exact) mass is 187 g/mol. The number of fused-ring (bicyclic) bond motifs is 1. The molecule has 1 unspecified atom stereocenters. The summed E-state index contributed by atoms with van der Waals surface area (Å²) < 4.78 is 0. The zero-order valence-electron chi connectivity index (χ0n) is 8.66. The normalized spacial score (nSPS) is 18.8. The van der Waals surface area contributed by atoms with Crippen LogP contribution in [0.2, 0.25) is 0 Å². The van der Waals surface area contributed by atoms with Gasteiger partial charge in [0.1, 0.15) is 0 Å². The summed E-state index contributed by atoms with van der Waals surface area (Å²) in [7, 11) is 0.